The third-order valence-electron chi connectivity index (χ3n) is 3.51. The van der Waals surface area contributed by atoms with Crippen LogP contribution in [0.1, 0.15) is 51.5 Å². The Morgan fingerprint density at radius 3 is 2.38 bits per heavy atom. The predicted octanol–water partition coefficient (Wildman–Crippen LogP) is 4.13. The van der Waals surface area contributed by atoms with Crippen LogP contribution < -0.4 is 10.6 Å². The smallest absolute Gasteiger partial charge is 0.238 e. The Kier molecular flexibility index (Phi) is 8.76. The van der Waals surface area contributed by atoms with Crippen LogP contribution in [0.3, 0.4) is 0 Å². The fourth-order valence-electron chi connectivity index (χ4n) is 2.20. The van der Waals surface area contributed by atoms with Crippen molar-refractivity contribution in [2.24, 2.45) is 5.92 Å². The summed E-state index contributed by atoms with van der Waals surface area (Å²) in [5, 5.41) is 6.10. The number of carbonyl (C=O) groups excluding carboxylic acids is 1. The second-order valence-corrected chi connectivity index (χ2v) is 6.19. The monoisotopic (exact) mass is 290 g/mol. The van der Waals surface area contributed by atoms with Crippen molar-refractivity contribution in [3.63, 3.8) is 0 Å². The maximum atomic E-state index is 11.7. The summed E-state index contributed by atoms with van der Waals surface area (Å²) in [6.45, 7) is 7.89. The molecular formula is C18H30N2O. The lowest BCUT2D eigenvalue weighted by molar-refractivity contribution is -0.115. The first-order chi connectivity index (χ1) is 10.1. The molecule has 0 radical (unpaired) electrons. The SMILES string of the molecule is Cc1ccc(NC(=O)CNCCCCCCC(C)C)cc1. The minimum absolute atomic E-state index is 0.0265. The highest BCUT2D eigenvalue weighted by atomic mass is 16.1. The molecule has 0 aromatic heterocycles. The molecule has 0 fully saturated rings. The van der Waals surface area contributed by atoms with Gasteiger partial charge in [0.2, 0.25) is 5.91 Å². The van der Waals surface area contributed by atoms with E-state index >= 15 is 0 Å². The number of carbonyl (C=O) groups is 1. The van der Waals surface area contributed by atoms with Crippen LogP contribution >= 0.6 is 0 Å². The quantitative estimate of drug-likeness (QED) is 0.636. The number of benzene rings is 1. The van der Waals surface area contributed by atoms with E-state index in [-0.39, 0.29) is 5.91 Å². The van der Waals surface area contributed by atoms with Crippen LogP contribution in [0, 0.1) is 12.8 Å². The molecule has 0 aliphatic heterocycles. The zero-order valence-electron chi connectivity index (χ0n) is 13.7. The molecule has 0 bridgehead atoms. The first-order valence-corrected chi connectivity index (χ1v) is 8.15. The van der Waals surface area contributed by atoms with Gasteiger partial charge in [0, 0.05) is 5.69 Å². The van der Waals surface area contributed by atoms with Crippen molar-refractivity contribution in [3.05, 3.63) is 29.8 Å². The summed E-state index contributed by atoms with van der Waals surface area (Å²) in [6, 6.07) is 7.87. The number of amides is 1. The van der Waals surface area contributed by atoms with E-state index in [2.05, 4.69) is 24.5 Å². The van der Waals surface area contributed by atoms with E-state index in [0.29, 0.717) is 6.54 Å². The molecule has 0 heterocycles. The van der Waals surface area contributed by atoms with Crippen LogP contribution in [0.5, 0.6) is 0 Å². The average Bonchev–Trinajstić information content (AvgIpc) is 2.44. The highest BCUT2D eigenvalue weighted by Crippen LogP contribution is 2.09. The van der Waals surface area contributed by atoms with Gasteiger partial charge in [-0.05, 0) is 37.9 Å². The zero-order valence-corrected chi connectivity index (χ0v) is 13.7. The molecule has 0 saturated heterocycles. The fraction of sp³-hybridized carbons (Fsp3) is 0.611. The molecule has 1 aromatic rings. The molecule has 0 saturated carbocycles. The van der Waals surface area contributed by atoms with Gasteiger partial charge in [0.25, 0.3) is 0 Å². The molecule has 2 N–H and O–H groups in total. The van der Waals surface area contributed by atoms with Crippen molar-refractivity contribution < 1.29 is 4.79 Å². The van der Waals surface area contributed by atoms with E-state index in [0.717, 1.165) is 24.6 Å². The van der Waals surface area contributed by atoms with Gasteiger partial charge in [-0.3, -0.25) is 4.79 Å². The van der Waals surface area contributed by atoms with Gasteiger partial charge in [0.15, 0.2) is 0 Å². The average molecular weight is 290 g/mol. The number of anilines is 1. The largest absolute Gasteiger partial charge is 0.325 e. The molecule has 21 heavy (non-hydrogen) atoms. The number of hydrogen-bond donors (Lipinski definition) is 2. The summed E-state index contributed by atoms with van der Waals surface area (Å²) in [5.41, 5.74) is 2.06. The minimum Gasteiger partial charge on any atom is -0.325 e. The Labute approximate surface area is 129 Å². The van der Waals surface area contributed by atoms with Crippen LogP contribution in [0.25, 0.3) is 0 Å². The highest BCUT2D eigenvalue weighted by Gasteiger charge is 2.01. The molecule has 1 rings (SSSR count). The summed E-state index contributed by atoms with van der Waals surface area (Å²) in [7, 11) is 0. The third kappa shape index (κ3) is 9.24. The Hall–Kier alpha value is -1.35. The molecule has 0 spiro atoms. The van der Waals surface area contributed by atoms with Crippen LogP contribution in [0.4, 0.5) is 5.69 Å². The molecule has 3 nitrogen and oxygen atoms in total. The van der Waals surface area contributed by atoms with Crippen molar-refractivity contribution in [2.75, 3.05) is 18.4 Å². The van der Waals surface area contributed by atoms with E-state index in [9.17, 15) is 4.79 Å². The van der Waals surface area contributed by atoms with Crippen LogP contribution in [0.15, 0.2) is 24.3 Å². The van der Waals surface area contributed by atoms with E-state index in [4.69, 9.17) is 0 Å². The van der Waals surface area contributed by atoms with E-state index < -0.39 is 0 Å². The Balaban J connectivity index is 2.00. The molecule has 118 valence electrons. The van der Waals surface area contributed by atoms with Crippen LogP contribution in [-0.4, -0.2) is 19.0 Å². The van der Waals surface area contributed by atoms with Crippen molar-refractivity contribution in [3.8, 4) is 0 Å². The maximum Gasteiger partial charge on any atom is 0.238 e. The highest BCUT2D eigenvalue weighted by molar-refractivity contribution is 5.92. The number of hydrogen-bond acceptors (Lipinski definition) is 2. The molecule has 0 atom stereocenters. The fourth-order valence-corrected chi connectivity index (χ4v) is 2.20. The maximum absolute atomic E-state index is 11.7. The molecule has 3 heteroatoms. The van der Waals surface area contributed by atoms with Gasteiger partial charge in [0.1, 0.15) is 0 Å². The van der Waals surface area contributed by atoms with E-state index in [1.165, 1.54) is 31.2 Å². The van der Waals surface area contributed by atoms with Crippen molar-refractivity contribution in [1.29, 1.82) is 0 Å². The molecule has 1 aromatic carbocycles. The van der Waals surface area contributed by atoms with Crippen LogP contribution in [0.2, 0.25) is 0 Å². The third-order valence-corrected chi connectivity index (χ3v) is 3.51. The molecule has 1 amide bonds. The van der Waals surface area contributed by atoms with Gasteiger partial charge in [-0.15, -0.1) is 0 Å². The van der Waals surface area contributed by atoms with Crippen molar-refractivity contribution in [1.82, 2.24) is 5.32 Å². The summed E-state index contributed by atoms with van der Waals surface area (Å²) in [5.74, 6) is 0.840. The summed E-state index contributed by atoms with van der Waals surface area (Å²) >= 11 is 0. The van der Waals surface area contributed by atoms with Crippen molar-refractivity contribution >= 4 is 11.6 Å². The topological polar surface area (TPSA) is 41.1 Å². The lowest BCUT2D eigenvalue weighted by Crippen LogP contribution is -2.28. The Bertz CT molecular complexity index is 398. The Morgan fingerprint density at radius 2 is 1.71 bits per heavy atom. The van der Waals surface area contributed by atoms with Crippen LogP contribution in [-0.2, 0) is 4.79 Å². The normalized spacial score (nSPS) is 10.9. The number of aryl methyl sites for hydroxylation is 1. The van der Waals surface area contributed by atoms with Gasteiger partial charge in [-0.2, -0.15) is 0 Å². The second-order valence-electron chi connectivity index (χ2n) is 6.19. The first kappa shape index (κ1) is 17.7. The summed E-state index contributed by atoms with van der Waals surface area (Å²) < 4.78 is 0. The lowest BCUT2D eigenvalue weighted by Gasteiger charge is -2.07. The zero-order chi connectivity index (χ0) is 15.5. The molecule has 0 aliphatic carbocycles. The van der Waals surface area contributed by atoms with Gasteiger partial charge in [-0.25, -0.2) is 0 Å². The van der Waals surface area contributed by atoms with Gasteiger partial charge in [0.05, 0.1) is 6.54 Å². The molecular weight excluding hydrogens is 260 g/mol. The van der Waals surface area contributed by atoms with Gasteiger partial charge < -0.3 is 10.6 Å². The minimum atomic E-state index is 0.0265. The Morgan fingerprint density at radius 1 is 1.05 bits per heavy atom. The van der Waals surface area contributed by atoms with E-state index in [1.54, 1.807) is 0 Å². The molecule has 0 aliphatic rings. The van der Waals surface area contributed by atoms with E-state index in [1.807, 2.05) is 31.2 Å². The van der Waals surface area contributed by atoms with Gasteiger partial charge >= 0.3 is 0 Å². The second kappa shape index (κ2) is 10.4. The number of unbranched alkanes of at least 4 members (excludes halogenated alkanes) is 3. The lowest BCUT2D eigenvalue weighted by atomic mass is 10.0. The number of nitrogens with one attached hydrogen (secondary N) is 2. The standard InChI is InChI=1S/C18H30N2O/c1-15(2)8-6-4-5-7-13-19-14-18(21)20-17-11-9-16(3)10-12-17/h9-12,15,19H,4-8,13-14H2,1-3H3,(H,20,21). The molecule has 0 unspecified atom stereocenters. The number of rotatable bonds is 10. The predicted molar refractivity (Wildman–Crippen MR) is 90.6 cm³/mol. The van der Waals surface area contributed by atoms with Gasteiger partial charge in [-0.1, -0.05) is 57.2 Å². The first-order valence-electron chi connectivity index (χ1n) is 8.15. The summed E-state index contributed by atoms with van der Waals surface area (Å²) in [6.07, 6.45) is 6.35. The van der Waals surface area contributed by atoms with Crippen molar-refractivity contribution in [2.45, 2.75) is 52.9 Å². The summed E-state index contributed by atoms with van der Waals surface area (Å²) in [4.78, 5) is 11.7.